The lowest BCUT2D eigenvalue weighted by Gasteiger charge is -2.38. The molecule has 0 spiro atoms. The van der Waals surface area contributed by atoms with E-state index in [9.17, 15) is 9.90 Å². The maximum absolute atomic E-state index is 11.9. The van der Waals surface area contributed by atoms with Gasteiger partial charge in [-0.3, -0.25) is 9.80 Å². The van der Waals surface area contributed by atoms with Gasteiger partial charge in [0.1, 0.15) is 4.88 Å². The van der Waals surface area contributed by atoms with Crippen molar-refractivity contribution in [3.63, 3.8) is 0 Å². The van der Waals surface area contributed by atoms with E-state index < -0.39 is 5.97 Å². The lowest BCUT2D eigenvalue weighted by atomic mass is 10.0. The number of carboxylic acids is 1. The van der Waals surface area contributed by atoms with Gasteiger partial charge < -0.3 is 5.11 Å². The van der Waals surface area contributed by atoms with Crippen LogP contribution in [-0.4, -0.2) is 46.6 Å². The van der Waals surface area contributed by atoms with Crippen LogP contribution < -0.4 is 0 Å². The summed E-state index contributed by atoms with van der Waals surface area (Å²) in [7, 11) is 0. The molecular formula is C25H30N2O2S. The zero-order valence-electron chi connectivity index (χ0n) is 17.8. The number of hydrogen-bond donors (Lipinski definition) is 1. The summed E-state index contributed by atoms with van der Waals surface area (Å²) in [6, 6.07) is 17.4. The number of fused-ring (bicyclic) bond motifs is 1. The van der Waals surface area contributed by atoms with E-state index in [1.807, 2.05) is 0 Å². The molecule has 1 fully saturated rings. The van der Waals surface area contributed by atoms with Crippen molar-refractivity contribution >= 4 is 27.4 Å². The molecule has 5 heteroatoms. The molecule has 1 aliphatic heterocycles. The van der Waals surface area contributed by atoms with Gasteiger partial charge in [0.2, 0.25) is 0 Å². The molecule has 1 saturated heterocycles. The average Bonchev–Trinajstić information content (AvgIpc) is 3.11. The van der Waals surface area contributed by atoms with E-state index >= 15 is 0 Å². The number of carboxylic acid groups (broad SMARTS) is 1. The highest BCUT2D eigenvalue weighted by atomic mass is 32.1. The van der Waals surface area contributed by atoms with Crippen LogP contribution in [0.4, 0.5) is 0 Å². The molecule has 158 valence electrons. The highest BCUT2D eigenvalue weighted by Gasteiger charge is 2.26. The Balaban J connectivity index is 1.47. The first-order chi connectivity index (χ1) is 14.5. The number of carbonyl (C=O) groups is 1. The predicted octanol–water partition coefficient (Wildman–Crippen LogP) is 5.39. The van der Waals surface area contributed by atoms with E-state index in [4.69, 9.17) is 0 Å². The molecule has 2 heterocycles. The summed E-state index contributed by atoms with van der Waals surface area (Å²) >= 11 is 1.41. The first-order valence-electron chi connectivity index (χ1n) is 10.8. The molecule has 4 nitrogen and oxygen atoms in total. The van der Waals surface area contributed by atoms with Crippen molar-refractivity contribution < 1.29 is 9.90 Å². The van der Waals surface area contributed by atoms with Gasteiger partial charge >= 0.3 is 5.97 Å². The number of piperidine rings is 1. The summed E-state index contributed by atoms with van der Waals surface area (Å²) < 4.78 is 1.07. The van der Waals surface area contributed by atoms with Crippen molar-refractivity contribution in [3.8, 4) is 0 Å². The second-order valence-corrected chi connectivity index (χ2v) is 9.32. The molecule has 0 amide bonds. The van der Waals surface area contributed by atoms with Crippen molar-refractivity contribution in [2.75, 3.05) is 19.6 Å². The van der Waals surface area contributed by atoms with E-state index in [1.165, 1.54) is 22.5 Å². The minimum Gasteiger partial charge on any atom is -0.477 e. The molecule has 1 N–H and O–H groups in total. The Kier molecular flexibility index (Phi) is 6.52. The topological polar surface area (TPSA) is 43.8 Å². The molecule has 0 bridgehead atoms. The molecule has 1 aliphatic rings. The van der Waals surface area contributed by atoms with Gasteiger partial charge in [0, 0.05) is 23.8 Å². The maximum atomic E-state index is 11.9. The minimum absolute atomic E-state index is 0.496. The fourth-order valence-corrected chi connectivity index (χ4v) is 5.61. The van der Waals surface area contributed by atoms with Crippen LogP contribution in [0.1, 0.15) is 46.1 Å². The number of nitrogens with zero attached hydrogens (tertiary/aromatic N) is 2. The van der Waals surface area contributed by atoms with E-state index in [0.717, 1.165) is 54.7 Å². The number of aromatic carboxylic acids is 1. The van der Waals surface area contributed by atoms with Gasteiger partial charge in [0.05, 0.1) is 0 Å². The van der Waals surface area contributed by atoms with Gasteiger partial charge in [-0.25, -0.2) is 4.79 Å². The molecule has 0 radical (unpaired) electrons. The van der Waals surface area contributed by atoms with Crippen LogP contribution in [0.15, 0.2) is 48.5 Å². The fraction of sp³-hybridized carbons (Fsp3) is 0.400. The maximum Gasteiger partial charge on any atom is 0.346 e. The van der Waals surface area contributed by atoms with Gasteiger partial charge in [0.15, 0.2) is 0 Å². The monoisotopic (exact) mass is 422 g/mol. The van der Waals surface area contributed by atoms with Crippen molar-refractivity contribution in [1.82, 2.24) is 9.80 Å². The smallest absolute Gasteiger partial charge is 0.346 e. The van der Waals surface area contributed by atoms with E-state index in [0.29, 0.717) is 17.5 Å². The number of rotatable bonds is 7. The van der Waals surface area contributed by atoms with E-state index in [1.54, 1.807) is 0 Å². The zero-order valence-corrected chi connectivity index (χ0v) is 18.6. The Hall–Kier alpha value is -2.21. The van der Waals surface area contributed by atoms with Crippen LogP contribution in [0, 0.1) is 6.92 Å². The fourth-order valence-electron chi connectivity index (χ4n) is 4.58. The Labute approximate surface area is 182 Å². The summed E-state index contributed by atoms with van der Waals surface area (Å²) in [4.78, 5) is 17.4. The first kappa shape index (κ1) is 21.0. The van der Waals surface area contributed by atoms with Crippen LogP contribution in [0.5, 0.6) is 0 Å². The Bertz CT molecular complexity index is 1010. The number of hydrogen-bond acceptors (Lipinski definition) is 4. The van der Waals surface area contributed by atoms with Crippen molar-refractivity contribution in [2.24, 2.45) is 0 Å². The van der Waals surface area contributed by atoms with Crippen LogP contribution in [-0.2, 0) is 13.1 Å². The molecule has 0 atom stereocenters. The predicted molar refractivity (Wildman–Crippen MR) is 124 cm³/mol. The first-order valence-corrected chi connectivity index (χ1v) is 11.6. The highest BCUT2D eigenvalue weighted by Crippen LogP contribution is 2.34. The normalized spacial score (nSPS) is 15.8. The molecule has 0 saturated carbocycles. The second kappa shape index (κ2) is 9.29. The number of likely N-dealkylation sites (tertiary alicyclic amines) is 1. The molecule has 3 aromatic rings. The van der Waals surface area contributed by atoms with Gasteiger partial charge in [-0.05, 0) is 62.0 Å². The summed E-state index contributed by atoms with van der Waals surface area (Å²) in [5, 5.41) is 10.9. The van der Waals surface area contributed by atoms with Crippen LogP contribution >= 0.6 is 11.3 Å². The zero-order chi connectivity index (χ0) is 21.1. The van der Waals surface area contributed by atoms with Crippen LogP contribution in [0.25, 0.3) is 10.1 Å². The minimum atomic E-state index is -0.808. The molecule has 30 heavy (non-hydrogen) atoms. The Morgan fingerprint density at radius 3 is 2.57 bits per heavy atom. The standard InChI is InChI=1S/C25H30N2O2S/c1-3-27(20-11-13-26(14-12-20)16-19-7-5-4-6-8-19)17-22-21-15-18(2)9-10-23(21)30-24(22)25(28)29/h4-10,15,20H,3,11-14,16-17H2,1-2H3,(H,28,29). The lowest BCUT2D eigenvalue weighted by molar-refractivity contribution is 0.0697. The number of thiophene rings is 1. The third-order valence-electron chi connectivity index (χ3n) is 6.23. The molecule has 0 aliphatic carbocycles. The van der Waals surface area contributed by atoms with Gasteiger partial charge in [-0.2, -0.15) is 0 Å². The van der Waals surface area contributed by atoms with Crippen molar-refractivity contribution in [2.45, 2.75) is 45.8 Å². The molecule has 1 aromatic heterocycles. The van der Waals surface area contributed by atoms with Crippen LogP contribution in [0.3, 0.4) is 0 Å². The Morgan fingerprint density at radius 2 is 1.90 bits per heavy atom. The van der Waals surface area contributed by atoms with Crippen molar-refractivity contribution in [1.29, 1.82) is 0 Å². The summed E-state index contributed by atoms with van der Waals surface area (Å²) in [5.41, 5.74) is 3.53. The summed E-state index contributed by atoms with van der Waals surface area (Å²) in [6.45, 7) is 9.10. The SMILES string of the molecule is CCN(Cc1c(C(=O)O)sc2ccc(C)cc12)C1CCN(Cc2ccccc2)CC1. The molecular weight excluding hydrogens is 392 g/mol. The number of aryl methyl sites for hydroxylation is 1. The van der Waals surface area contributed by atoms with Gasteiger partial charge in [-0.1, -0.05) is 55.0 Å². The molecule has 4 rings (SSSR count). The lowest BCUT2D eigenvalue weighted by Crippen LogP contribution is -2.44. The van der Waals surface area contributed by atoms with Gasteiger partial charge in [-0.15, -0.1) is 11.3 Å². The van der Waals surface area contributed by atoms with Gasteiger partial charge in [0.25, 0.3) is 0 Å². The highest BCUT2D eigenvalue weighted by molar-refractivity contribution is 7.21. The summed E-state index contributed by atoms with van der Waals surface area (Å²) in [5.74, 6) is -0.808. The Morgan fingerprint density at radius 1 is 1.17 bits per heavy atom. The van der Waals surface area contributed by atoms with Crippen molar-refractivity contribution in [3.05, 3.63) is 70.1 Å². The second-order valence-electron chi connectivity index (χ2n) is 8.27. The molecule has 0 unspecified atom stereocenters. The molecule has 2 aromatic carbocycles. The van der Waals surface area contributed by atoms with E-state index in [-0.39, 0.29) is 0 Å². The van der Waals surface area contributed by atoms with Crippen LogP contribution in [0.2, 0.25) is 0 Å². The largest absolute Gasteiger partial charge is 0.477 e. The quantitative estimate of drug-likeness (QED) is 0.554. The van der Waals surface area contributed by atoms with E-state index in [2.05, 4.69) is 72.2 Å². The third kappa shape index (κ3) is 4.59. The number of benzene rings is 2. The third-order valence-corrected chi connectivity index (χ3v) is 7.43. The average molecular weight is 423 g/mol. The summed E-state index contributed by atoms with van der Waals surface area (Å²) in [6.07, 6.45) is 2.26.